The Hall–Kier alpha value is -1.59. The van der Waals surface area contributed by atoms with Gasteiger partial charge in [0.2, 0.25) is 11.8 Å². The van der Waals surface area contributed by atoms with Gasteiger partial charge in [0, 0.05) is 38.3 Å². The number of nitrogens with two attached hydrogens (primary N) is 1. The first-order chi connectivity index (χ1) is 11.7. The molecule has 146 valence electrons. The number of aryl methyl sites for hydroxylation is 1. The van der Waals surface area contributed by atoms with Gasteiger partial charge in [-0.3, -0.25) is 9.59 Å². The maximum absolute atomic E-state index is 12.7. The summed E-state index contributed by atoms with van der Waals surface area (Å²) in [6.07, 6.45) is 1.06. The molecule has 6 heteroatoms. The molecule has 1 aromatic carbocycles. The van der Waals surface area contributed by atoms with Crippen molar-refractivity contribution in [1.82, 2.24) is 4.90 Å². The number of carbonyl (C=O) groups is 2. The predicted octanol–water partition coefficient (Wildman–Crippen LogP) is 2.91. The van der Waals surface area contributed by atoms with Gasteiger partial charge in [0.15, 0.2) is 0 Å². The molecule has 5 nitrogen and oxygen atoms in total. The van der Waals surface area contributed by atoms with Crippen molar-refractivity contribution in [2.45, 2.75) is 46.6 Å². The van der Waals surface area contributed by atoms with Crippen LogP contribution < -0.4 is 10.6 Å². The van der Waals surface area contributed by atoms with Crippen LogP contribution in [0.25, 0.3) is 0 Å². The Kier molecular flexibility index (Phi) is 8.10. The van der Waals surface area contributed by atoms with E-state index in [1.165, 1.54) is 0 Å². The zero-order chi connectivity index (χ0) is 18.7. The molecule has 0 bridgehead atoms. The van der Waals surface area contributed by atoms with Crippen LogP contribution in [0.3, 0.4) is 0 Å². The molecule has 2 atom stereocenters. The fourth-order valence-corrected chi connectivity index (χ4v) is 3.23. The van der Waals surface area contributed by atoms with Gasteiger partial charge in [0.25, 0.3) is 0 Å². The normalized spacial score (nSPS) is 18.0. The first-order valence-electron chi connectivity index (χ1n) is 9.09. The minimum atomic E-state index is -0.271. The van der Waals surface area contributed by atoms with E-state index in [0.717, 1.165) is 23.2 Å². The Morgan fingerprint density at radius 1 is 1.35 bits per heavy atom. The molecule has 0 spiro atoms. The van der Waals surface area contributed by atoms with E-state index in [4.69, 9.17) is 5.73 Å². The first kappa shape index (κ1) is 22.5. The Morgan fingerprint density at radius 3 is 2.62 bits per heavy atom. The van der Waals surface area contributed by atoms with Gasteiger partial charge in [-0.05, 0) is 43.4 Å². The highest BCUT2D eigenvalue weighted by Crippen LogP contribution is 2.30. The van der Waals surface area contributed by atoms with Crippen LogP contribution in [-0.4, -0.2) is 42.9 Å². The van der Waals surface area contributed by atoms with Crippen LogP contribution in [0, 0.1) is 25.7 Å². The highest BCUT2D eigenvalue weighted by atomic mass is 35.5. The number of amides is 2. The van der Waals surface area contributed by atoms with Crippen LogP contribution in [0.15, 0.2) is 18.2 Å². The third-order valence-corrected chi connectivity index (χ3v) is 5.37. The smallest absolute Gasteiger partial charge is 0.227 e. The molecule has 26 heavy (non-hydrogen) atoms. The Balaban J connectivity index is 0.00000338. The van der Waals surface area contributed by atoms with Gasteiger partial charge in [-0.1, -0.05) is 26.0 Å². The molecule has 1 fully saturated rings. The topological polar surface area (TPSA) is 66.6 Å². The van der Waals surface area contributed by atoms with E-state index in [0.29, 0.717) is 19.0 Å². The molecule has 1 saturated heterocycles. The van der Waals surface area contributed by atoms with Crippen molar-refractivity contribution >= 4 is 29.9 Å². The van der Waals surface area contributed by atoms with Crippen molar-refractivity contribution in [2.24, 2.45) is 17.6 Å². The second-order valence-corrected chi connectivity index (χ2v) is 7.58. The van der Waals surface area contributed by atoms with Gasteiger partial charge in [0.1, 0.15) is 0 Å². The lowest BCUT2D eigenvalue weighted by Crippen LogP contribution is -2.38. The van der Waals surface area contributed by atoms with Crippen molar-refractivity contribution in [3.8, 4) is 0 Å². The number of hydrogen-bond donors (Lipinski definition) is 1. The predicted molar refractivity (Wildman–Crippen MR) is 109 cm³/mol. The summed E-state index contributed by atoms with van der Waals surface area (Å²) in [6, 6.07) is 6.04. The molecular formula is C20H32ClN3O2. The summed E-state index contributed by atoms with van der Waals surface area (Å²) >= 11 is 0. The molecule has 0 aromatic heterocycles. The van der Waals surface area contributed by atoms with Crippen molar-refractivity contribution in [3.63, 3.8) is 0 Å². The summed E-state index contributed by atoms with van der Waals surface area (Å²) in [5, 5.41) is 0. The molecule has 2 rings (SSSR count). The monoisotopic (exact) mass is 381 g/mol. The van der Waals surface area contributed by atoms with Crippen LogP contribution in [0.4, 0.5) is 5.69 Å². The minimum Gasteiger partial charge on any atom is -0.345 e. The number of nitrogens with zero attached hydrogens (tertiary/aromatic N) is 2. The number of anilines is 1. The number of rotatable bonds is 6. The summed E-state index contributed by atoms with van der Waals surface area (Å²) in [5.41, 5.74) is 9.24. The minimum absolute atomic E-state index is 0. The Morgan fingerprint density at radius 2 is 2.00 bits per heavy atom. The lowest BCUT2D eigenvalue weighted by molar-refractivity contribution is -0.134. The number of hydrogen-bond acceptors (Lipinski definition) is 3. The molecule has 1 aliphatic heterocycles. The fourth-order valence-electron chi connectivity index (χ4n) is 3.23. The van der Waals surface area contributed by atoms with E-state index in [2.05, 4.69) is 13.8 Å². The molecule has 0 saturated carbocycles. The summed E-state index contributed by atoms with van der Waals surface area (Å²) in [6.45, 7) is 9.32. The number of halogens is 1. The van der Waals surface area contributed by atoms with Gasteiger partial charge >= 0.3 is 0 Å². The second-order valence-electron chi connectivity index (χ2n) is 7.58. The molecule has 2 N–H and O–H groups in total. The van der Waals surface area contributed by atoms with E-state index < -0.39 is 0 Å². The molecule has 2 unspecified atom stereocenters. The van der Waals surface area contributed by atoms with Gasteiger partial charge in [-0.25, -0.2) is 0 Å². The maximum Gasteiger partial charge on any atom is 0.227 e. The van der Waals surface area contributed by atoms with Gasteiger partial charge < -0.3 is 15.5 Å². The molecule has 2 amide bonds. The van der Waals surface area contributed by atoms with Crippen LogP contribution >= 0.6 is 12.4 Å². The van der Waals surface area contributed by atoms with Crippen molar-refractivity contribution in [1.29, 1.82) is 0 Å². The molecule has 0 radical (unpaired) electrons. The first-order valence-corrected chi connectivity index (χ1v) is 9.09. The second kappa shape index (κ2) is 9.38. The zero-order valence-corrected chi connectivity index (χ0v) is 17.3. The maximum atomic E-state index is 12.7. The van der Waals surface area contributed by atoms with Crippen molar-refractivity contribution < 1.29 is 9.59 Å². The van der Waals surface area contributed by atoms with Crippen LogP contribution in [-0.2, 0) is 9.59 Å². The van der Waals surface area contributed by atoms with Crippen molar-refractivity contribution in [3.05, 3.63) is 29.3 Å². The average Bonchev–Trinajstić information content (AvgIpc) is 2.95. The Bertz CT molecular complexity index is 648. The standard InChI is InChI=1S/C20H31N3O2.ClH/c1-13(2)17(21)9-10-22(5)20(25)16-11-19(24)23(12-16)18-8-6-7-14(3)15(18)4;/h6-8,13,16-17H,9-12,21H2,1-5H3;1H. The third kappa shape index (κ3) is 4.98. The number of benzene rings is 1. The summed E-state index contributed by atoms with van der Waals surface area (Å²) in [7, 11) is 1.81. The summed E-state index contributed by atoms with van der Waals surface area (Å²) < 4.78 is 0. The van der Waals surface area contributed by atoms with Gasteiger partial charge in [-0.15, -0.1) is 12.4 Å². The summed E-state index contributed by atoms with van der Waals surface area (Å²) in [4.78, 5) is 28.7. The van der Waals surface area contributed by atoms with E-state index in [1.54, 1.807) is 16.8 Å². The van der Waals surface area contributed by atoms with Crippen LogP contribution in [0.1, 0.15) is 37.8 Å². The SMILES string of the molecule is Cc1cccc(N2CC(C(=O)N(C)CCC(N)C(C)C)CC2=O)c1C.Cl. The van der Waals surface area contributed by atoms with Crippen LogP contribution in [0.2, 0.25) is 0 Å². The average molecular weight is 382 g/mol. The molecular weight excluding hydrogens is 350 g/mol. The summed E-state index contributed by atoms with van der Waals surface area (Å²) in [5.74, 6) is 0.195. The molecule has 1 aromatic rings. The lowest BCUT2D eigenvalue weighted by Gasteiger charge is -2.24. The molecule has 1 aliphatic rings. The highest BCUT2D eigenvalue weighted by molar-refractivity contribution is 6.00. The largest absolute Gasteiger partial charge is 0.345 e. The Labute approximate surface area is 163 Å². The van der Waals surface area contributed by atoms with Gasteiger partial charge in [0.05, 0.1) is 5.92 Å². The van der Waals surface area contributed by atoms with E-state index >= 15 is 0 Å². The quantitative estimate of drug-likeness (QED) is 0.823. The fraction of sp³-hybridized carbons (Fsp3) is 0.600. The van der Waals surface area contributed by atoms with Gasteiger partial charge in [-0.2, -0.15) is 0 Å². The molecule has 1 heterocycles. The van der Waals surface area contributed by atoms with Crippen molar-refractivity contribution in [2.75, 3.05) is 25.0 Å². The third-order valence-electron chi connectivity index (χ3n) is 5.37. The van der Waals surface area contributed by atoms with E-state index in [-0.39, 0.29) is 42.6 Å². The van der Waals surface area contributed by atoms with E-state index in [9.17, 15) is 9.59 Å². The molecule has 0 aliphatic carbocycles. The van der Waals surface area contributed by atoms with Crippen LogP contribution in [0.5, 0.6) is 0 Å². The zero-order valence-electron chi connectivity index (χ0n) is 16.5. The van der Waals surface area contributed by atoms with E-state index in [1.807, 2.05) is 32.0 Å². The lowest BCUT2D eigenvalue weighted by atomic mass is 10.0. The highest BCUT2D eigenvalue weighted by Gasteiger charge is 2.37. The number of carbonyl (C=O) groups excluding carboxylic acids is 2.